The number of methoxy groups -OCH3 is 1. The number of benzene rings is 1. The van der Waals surface area contributed by atoms with Gasteiger partial charge in [-0.15, -0.1) is 0 Å². The molecule has 0 amide bonds. The maximum Gasteiger partial charge on any atom is 0.334 e. The topological polar surface area (TPSA) is 50.1 Å². The van der Waals surface area contributed by atoms with Crippen molar-refractivity contribution in [3.63, 3.8) is 0 Å². The molecular weight excluding hydrogens is 250 g/mol. The molecular formula is C14H12ClNO2. The second kappa shape index (κ2) is 6.04. The number of allylic oxidation sites excluding steroid dienone is 1. The Morgan fingerprint density at radius 3 is 2.56 bits per heavy atom. The first-order valence-corrected chi connectivity index (χ1v) is 5.51. The van der Waals surface area contributed by atoms with Crippen LogP contribution in [0.4, 0.5) is 0 Å². The molecule has 0 aliphatic rings. The molecule has 1 atom stereocenters. The Bertz CT molecular complexity index is 543. The number of hydrogen-bond acceptors (Lipinski definition) is 3. The van der Waals surface area contributed by atoms with E-state index in [9.17, 15) is 4.79 Å². The first kappa shape index (κ1) is 14.0. The number of esters is 1. The smallest absolute Gasteiger partial charge is 0.334 e. The molecule has 1 aromatic rings. The minimum absolute atomic E-state index is 0.136. The molecule has 0 saturated heterocycles. The molecule has 0 saturated carbocycles. The Labute approximate surface area is 111 Å². The highest BCUT2D eigenvalue weighted by molar-refractivity contribution is 6.31. The lowest BCUT2D eigenvalue weighted by molar-refractivity contribution is -0.136. The Kier molecular flexibility index (Phi) is 4.70. The van der Waals surface area contributed by atoms with E-state index in [0.717, 1.165) is 0 Å². The van der Waals surface area contributed by atoms with Crippen LogP contribution in [0.2, 0.25) is 5.02 Å². The average molecular weight is 262 g/mol. The van der Waals surface area contributed by atoms with Gasteiger partial charge in [-0.3, -0.25) is 0 Å². The quantitative estimate of drug-likeness (QED) is 0.475. The number of hydrogen-bond donors (Lipinski definition) is 0. The van der Waals surface area contributed by atoms with E-state index >= 15 is 0 Å². The van der Waals surface area contributed by atoms with Crippen LogP contribution in [0.25, 0.3) is 0 Å². The maximum absolute atomic E-state index is 11.5. The van der Waals surface area contributed by atoms with Gasteiger partial charge in [0.15, 0.2) is 0 Å². The third-order valence-corrected chi connectivity index (χ3v) is 2.85. The molecule has 1 aromatic carbocycles. The van der Waals surface area contributed by atoms with Gasteiger partial charge in [-0.1, -0.05) is 43.0 Å². The van der Waals surface area contributed by atoms with Gasteiger partial charge in [0.25, 0.3) is 0 Å². The van der Waals surface area contributed by atoms with E-state index in [-0.39, 0.29) is 11.1 Å². The van der Waals surface area contributed by atoms with Crippen molar-refractivity contribution in [2.24, 2.45) is 0 Å². The highest BCUT2D eigenvalue weighted by Crippen LogP contribution is 2.34. The molecule has 0 radical (unpaired) electrons. The van der Waals surface area contributed by atoms with Gasteiger partial charge in [0.1, 0.15) is 0 Å². The minimum atomic E-state index is -0.656. The number of nitriles is 1. The summed E-state index contributed by atoms with van der Waals surface area (Å²) < 4.78 is 4.62. The lowest BCUT2D eigenvalue weighted by Crippen LogP contribution is -2.14. The van der Waals surface area contributed by atoms with Crippen LogP contribution in [0.1, 0.15) is 11.5 Å². The van der Waals surface area contributed by atoms with Crippen molar-refractivity contribution >= 4 is 17.6 Å². The maximum atomic E-state index is 11.5. The van der Waals surface area contributed by atoms with Crippen molar-refractivity contribution in [3.8, 4) is 6.07 Å². The average Bonchev–Trinajstić information content (AvgIpc) is 2.39. The molecule has 18 heavy (non-hydrogen) atoms. The number of halogens is 1. The normalized spacial score (nSPS) is 11.2. The molecule has 0 bridgehead atoms. The summed E-state index contributed by atoms with van der Waals surface area (Å²) in [6.45, 7) is 7.31. The number of carbonyl (C=O) groups excluding carboxylic acids is 1. The molecule has 0 aromatic heterocycles. The molecule has 4 heteroatoms. The highest BCUT2D eigenvalue weighted by Gasteiger charge is 2.26. The number of carbonyl (C=O) groups is 1. The molecule has 0 heterocycles. The van der Waals surface area contributed by atoms with Gasteiger partial charge in [0.05, 0.1) is 19.1 Å². The van der Waals surface area contributed by atoms with Crippen molar-refractivity contribution in [3.05, 3.63) is 59.2 Å². The lowest BCUT2D eigenvalue weighted by atomic mass is 9.86. The van der Waals surface area contributed by atoms with Crippen LogP contribution in [0.3, 0.4) is 0 Å². The van der Waals surface area contributed by atoms with Gasteiger partial charge < -0.3 is 4.74 Å². The molecule has 1 rings (SSSR count). The highest BCUT2D eigenvalue weighted by atomic mass is 35.5. The zero-order valence-electron chi connectivity index (χ0n) is 9.94. The largest absolute Gasteiger partial charge is 0.466 e. The summed E-state index contributed by atoms with van der Waals surface area (Å²) in [5, 5.41) is 9.42. The van der Waals surface area contributed by atoms with Crippen molar-refractivity contribution in [1.82, 2.24) is 0 Å². The van der Waals surface area contributed by atoms with E-state index < -0.39 is 11.9 Å². The fourth-order valence-corrected chi connectivity index (χ4v) is 1.85. The van der Waals surface area contributed by atoms with Gasteiger partial charge in [-0.25, -0.2) is 4.79 Å². The summed E-state index contributed by atoms with van der Waals surface area (Å²) in [4.78, 5) is 11.5. The van der Waals surface area contributed by atoms with E-state index in [1.807, 2.05) is 6.07 Å². The van der Waals surface area contributed by atoms with Crippen LogP contribution < -0.4 is 0 Å². The summed E-state index contributed by atoms with van der Waals surface area (Å²) in [6.07, 6.45) is 0. The lowest BCUT2D eigenvalue weighted by Gasteiger charge is -2.18. The Hall–Kier alpha value is -2.05. The molecule has 1 unspecified atom stereocenters. The van der Waals surface area contributed by atoms with Crippen molar-refractivity contribution < 1.29 is 9.53 Å². The van der Waals surface area contributed by atoms with Gasteiger partial charge >= 0.3 is 5.97 Å². The predicted octanol–water partition coefficient (Wildman–Crippen LogP) is 3.23. The van der Waals surface area contributed by atoms with E-state index in [2.05, 4.69) is 17.9 Å². The molecule has 92 valence electrons. The Morgan fingerprint density at radius 2 is 2.06 bits per heavy atom. The Balaban J connectivity index is 3.28. The summed E-state index contributed by atoms with van der Waals surface area (Å²) >= 11 is 6.07. The molecule has 0 aliphatic heterocycles. The monoisotopic (exact) mass is 261 g/mol. The van der Waals surface area contributed by atoms with Crippen molar-refractivity contribution in [1.29, 1.82) is 5.26 Å². The van der Waals surface area contributed by atoms with E-state index in [1.165, 1.54) is 7.11 Å². The predicted molar refractivity (Wildman–Crippen MR) is 70.1 cm³/mol. The fourth-order valence-electron chi connectivity index (χ4n) is 1.61. The molecule has 0 fully saturated rings. The van der Waals surface area contributed by atoms with E-state index in [0.29, 0.717) is 10.6 Å². The molecule has 3 nitrogen and oxygen atoms in total. The van der Waals surface area contributed by atoms with Crippen LogP contribution in [0.5, 0.6) is 0 Å². The molecule has 0 aliphatic carbocycles. The number of rotatable bonds is 4. The summed E-state index contributed by atoms with van der Waals surface area (Å²) in [5.74, 6) is -1.24. The van der Waals surface area contributed by atoms with Gasteiger partial charge in [-0.2, -0.15) is 5.26 Å². The van der Waals surface area contributed by atoms with Gasteiger partial charge in [0, 0.05) is 16.2 Å². The van der Waals surface area contributed by atoms with Crippen LogP contribution in [-0.2, 0) is 9.53 Å². The first-order chi connectivity index (χ1) is 8.52. The fraction of sp³-hybridized carbons (Fsp3) is 0.143. The zero-order chi connectivity index (χ0) is 13.7. The van der Waals surface area contributed by atoms with Crippen LogP contribution in [0, 0.1) is 11.3 Å². The number of nitrogens with zero attached hydrogens (tertiary/aromatic N) is 1. The SMILES string of the molecule is C=C(C#N)C(C(=C)C(=O)OC)c1ccccc1Cl. The minimum Gasteiger partial charge on any atom is -0.466 e. The van der Waals surface area contributed by atoms with E-state index in [4.69, 9.17) is 16.9 Å². The second-order valence-corrected chi connectivity index (χ2v) is 4.02. The first-order valence-electron chi connectivity index (χ1n) is 5.13. The Morgan fingerprint density at radius 1 is 1.44 bits per heavy atom. The standard InChI is InChI=1S/C14H12ClNO2/c1-9(8-16)13(10(2)14(17)18-3)11-6-4-5-7-12(11)15/h4-7,13H,1-2H2,3H3. The summed E-state index contributed by atoms with van der Waals surface area (Å²) in [7, 11) is 1.26. The van der Waals surface area contributed by atoms with Crippen molar-refractivity contribution in [2.45, 2.75) is 5.92 Å². The third kappa shape index (κ3) is 2.79. The third-order valence-electron chi connectivity index (χ3n) is 2.50. The summed E-state index contributed by atoms with van der Waals surface area (Å²) in [6, 6.07) is 8.86. The van der Waals surface area contributed by atoms with Crippen LogP contribution in [-0.4, -0.2) is 13.1 Å². The number of ether oxygens (including phenoxy) is 1. The molecule has 0 N–H and O–H groups in total. The molecule has 0 spiro atoms. The van der Waals surface area contributed by atoms with Crippen LogP contribution >= 0.6 is 11.6 Å². The zero-order valence-corrected chi connectivity index (χ0v) is 10.7. The van der Waals surface area contributed by atoms with E-state index in [1.54, 1.807) is 24.3 Å². The van der Waals surface area contributed by atoms with Crippen molar-refractivity contribution in [2.75, 3.05) is 7.11 Å². The van der Waals surface area contributed by atoms with Gasteiger partial charge in [0.2, 0.25) is 0 Å². The van der Waals surface area contributed by atoms with Gasteiger partial charge in [-0.05, 0) is 11.6 Å². The summed E-state index contributed by atoms with van der Waals surface area (Å²) in [5.41, 5.74) is 0.941. The second-order valence-electron chi connectivity index (χ2n) is 3.61. The van der Waals surface area contributed by atoms with Crippen LogP contribution in [0.15, 0.2) is 48.6 Å².